The number of carboxylic acid groups (broad SMARTS) is 1. The Kier molecular flexibility index (Phi) is 6.48. The van der Waals surface area contributed by atoms with Crippen LogP contribution in [0.15, 0.2) is 58.5 Å². The van der Waals surface area contributed by atoms with Gasteiger partial charge >= 0.3 is 5.97 Å². The first kappa shape index (κ1) is 19.6. The lowest BCUT2D eigenvalue weighted by Gasteiger charge is -2.08. The lowest BCUT2D eigenvalue weighted by atomic mass is 10.1. The van der Waals surface area contributed by atoms with Crippen molar-refractivity contribution in [2.45, 2.75) is 25.2 Å². The monoisotopic (exact) mass is 375 g/mol. The minimum Gasteiger partial charge on any atom is -0.481 e. The van der Waals surface area contributed by atoms with Gasteiger partial charge in [0.2, 0.25) is 10.0 Å². The SMILES string of the molecule is C/C(=N/Nc1ccc(C)cc1)c1cccc(S(=O)(=O)NCCC(=O)O)c1. The molecule has 138 valence electrons. The number of nitrogens with one attached hydrogen (secondary N) is 2. The Labute approximate surface area is 152 Å². The van der Waals surface area contributed by atoms with Crippen LogP contribution in [-0.4, -0.2) is 31.8 Å². The Morgan fingerprint density at radius 1 is 1.15 bits per heavy atom. The topological polar surface area (TPSA) is 108 Å². The normalized spacial score (nSPS) is 12.0. The van der Waals surface area contributed by atoms with Crippen molar-refractivity contribution in [3.05, 3.63) is 59.7 Å². The first-order valence-corrected chi connectivity index (χ1v) is 9.45. The highest BCUT2D eigenvalue weighted by atomic mass is 32.2. The quantitative estimate of drug-likeness (QED) is 0.485. The van der Waals surface area contributed by atoms with Crippen LogP contribution in [-0.2, 0) is 14.8 Å². The van der Waals surface area contributed by atoms with Crippen molar-refractivity contribution in [2.75, 3.05) is 12.0 Å². The molecule has 2 aromatic rings. The zero-order valence-corrected chi connectivity index (χ0v) is 15.4. The van der Waals surface area contributed by atoms with E-state index in [1.54, 1.807) is 19.1 Å². The fraction of sp³-hybridized carbons (Fsp3) is 0.222. The molecule has 0 saturated carbocycles. The summed E-state index contributed by atoms with van der Waals surface area (Å²) < 4.78 is 26.8. The molecular formula is C18H21N3O4S. The van der Waals surface area contributed by atoms with Crippen molar-refractivity contribution in [1.29, 1.82) is 0 Å². The summed E-state index contributed by atoms with van der Waals surface area (Å²) in [7, 11) is -3.77. The highest BCUT2D eigenvalue weighted by Gasteiger charge is 2.15. The van der Waals surface area contributed by atoms with E-state index in [2.05, 4.69) is 15.2 Å². The molecule has 0 bridgehead atoms. The summed E-state index contributed by atoms with van der Waals surface area (Å²) >= 11 is 0. The molecule has 2 rings (SSSR count). The third-order valence-electron chi connectivity index (χ3n) is 3.60. The van der Waals surface area contributed by atoms with Crippen molar-refractivity contribution in [3.63, 3.8) is 0 Å². The number of rotatable bonds is 8. The second-order valence-corrected chi connectivity index (χ2v) is 7.51. The lowest BCUT2D eigenvalue weighted by Crippen LogP contribution is -2.26. The molecule has 0 heterocycles. The van der Waals surface area contributed by atoms with Crippen LogP contribution in [0.1, 0.15) is 24.5 Å². The van der Waals surface area contributed by atoms with Gasteiger partial charge in [0.25, 0.3) is 0 Å². The van der Waals surface area contributed by atoms with Gasteiger partial charge in [0.05, 0.1) is 22.7 Å². The highest BCUT2D eigenvalue weighted by Crippen LogP contribution is 2.13. The molecule has 0 amide bonds. The molecule has 0 spiro atoms. The molecule has 0 aliphatic heterocycles. The van der Waals surface area contributed by atoms with E-state index in [4.69, 9.17) is 5.11 Å². The van der Waals surface area contributed by atoms with Crippen molar-refractivity contribution in [1.82, 2.24) is 4.72 Å². The molecule has 0 saturated heterocycles. The fourth-order valence-electron chi connectivity index (χ4n) is 2.11. The van der Waals surface area contributed by atoms with Crippen LogP contribution in [0.25, 0.3) is 0 Å². The largest absolute Gasteiger partial charge is 0.481 e. The van der Waals surface area contributed by atoms with Gasteiger partial charge in [0.1, 0.15) is 0 Å². The third-order valence-corrected chi connectivity index (χ3v) is 5.06. The van der Waals surface area contributed by atoms with Crippen LogP contribution < -0.4 is 10.1 Å². The van der Waals surface area contributed by atoms with Crippen molar-refractivity contribution < 1.29 is 18.3 Å². The highest BCUT2D eigenvalue weighted by molar-refractivity contribution is 7.89. The van der Waals surface area contributed by atoms with Gasteiger partial charge in [-0.05, 0) is 43.7 Å². The van der Waals surface area contributed by atoms with E-state index in [0.29, 0.717) is 11.3 Å². The lowest BCUT2D eigenvalue weighted by molar-refractivity contribution is -0.136. The summed E-state index contributed by atoms with van der Waals surface area (Å²) in [4.78, 5) is 10.6. The number of nitrogens with zero attached hydrogens (tertiary/aromatic N) is 1. The maximum Gasteiger partial charge on any atom is 0.304 e. The molecule has 0 aromatic heterocycles. The van der Waals surface area contributed by atoms with Crippen LogP contribution >= 0.6 is 0 Å². The van der Waals surface area contributed by atoms with Gasteiger partial charge in [-0.15, -0.1) is 0 Å². The van der Waals surface area contributed by atoms with E-state index in [9.17, 15) is 13.2 Å². The number of carboxylic acids is 1. The van der Waals surface area contributed by atoms with Gasteiger partial charge in [0, 0.05) is 6.54 Å². The summed E-state index contributed by atoms with van der Waals surface area (Å²) in [5, 5.41) is 12.9. The average Bonchev–Trinajstić information content (AvgIpc) is 2.60. The van der Waals surface area contributed by atoms with Gasteiger partial charge in [-0.25, -0.2) is 13.1 Å². The second kappa shape index (κ2) is 8.59. The predicted octanol–water partition coefficient (Wildman–Crippen LogP) is 2.58. The Morgan fingerprint density at radius 3 is 2.50 bits per heavy atom. The predicted molar refractivity (Wildman–Crippen MR) is 101 cm³/mol. The minimum atomic E-state index is -3.77. The van der Waals surface area contributed by atoms with E-state index in [0.717, 1.165) is 11.3 Å². The Hall–Kier alpha value is -2.71. The Bertz CT molecular complexity index is 906. The molecule has 0 aliphatic rings. The van der Waals surface area contributed by atoms with Crippen LogP contribution in [0, 0.1) is 6.92 Å². The van der Waals surface area contributed by atoms with E-state index >= 15 is 0 Å². The number of hydrazone groups is 1. The molecule has 8 heteroatoms. The summed E-state index contributed by atoms with van der Waals surface area (Å²) in [6, 6.07) is 14.1. The molecule has 26 heavy (non-hydrogen) atoms. The first-order chi connectivity index (χ1) is 12.3. The smallest absolute Gasteiger partial charge is 0.304 e. The standard InChI is InChI=1S/C18H21N3O4S/c1-13-6-8-16(9-7-13)21-20-14(2)15-4-3-5-17(12-15)26(24,25)19-11-10-18(22)23/h3-9,12,19,21H,10-11H2,1-2H3,(H,22,23)/b20-14-. The molecule has 7 nitrogen and oxygen atoms in total. The van der Waals surface area contributed by atoms with Gasteiger partial charge in [0.15, 0.2) is 0 Å². The molecule has 0 aliphatic carbocycles. The molecule has 2 aromatic carbocycles. The number of benzene rings is 2. The first-order valence-electron chi connectivity index (χ1n) is 7.97. The number of anilines is 1. The van der Waals surface area contributed by atoms with Crippen molar-refractivity contribution >= 4 is 27.4 Å². The fourth-order valence-corrected chi connectivity index (χ4v) is 3.18. The van der Waals surface area contributed by atoms with Gasteiger partial charge in [-0.3, -0.25) is 10.2 Å². The zero-order valence-electron chi connectivity index (χ0n) is 14.6. The number of aryl methyl sites for hydroxylation is 1. The Balaban J connectivity index is 2.12. The minimum absolute atomic E-state index is 0.0604. The molecular weight excluding hydrogens is 354 g/mol. The van der Waals surface area contributed by atoms with Gasteiger partial charge in [-0.1, -0.05) is 29.8 Å². The maximum absolute atomic E-state index is 12.2. The van der Waals surface area contributed by atoms with E-state index in [1.165, 1.54) is 12.1 Å². The second-order valence-electron chi connectivity index (χ2n) is 5.74. The number of carbonyl (C=O) groups is 1. The Morgan fingerprint density at radius 2 is 1.85 bits per heavy atom. The van der Waals surface area contributed by atoms with Crippen LogP contribution in [0.5, 0.6) is 0 Å². The number of sulfonamides is 1. The third kappa shape index (κ3) is 5.68. The number of hydrogen-bond donors (Lipinski definition) is 3. The molecule has 0 unspecified atom stereocenters. The summed E-state index contributed by atoms with van der Waals surface area (Å²) in [6.07, 6.45) is -0.278. The van der Waals surface area contributed by atoms with E-state index < -0.39 is 16.0 Å². The van der Waals surface area contributed by atoms with Crippen molar-refractivity contribution in [2.24, 2.45) is 5.10 Å². The zero-order chi connectivity index (χ0) is 19.2. The average molecular weight is 375 g/mol. The van der Waals surface area contributed by atoms with Gasteiger partial charge < -0.3 is 5.11 Å². The maximum atomic E-state index is 12.2. The molecule has 0 fully saturated rings. The molecule has 3 N–H and O–H groups in total. The summed E-state index contributed by atoms with van der Waals surface area (Å²) in [5.74, 6) is -1.06. The van der Waals surface area contributed by atoms with Gasteiger partial charge in [-0.2, -0.15) is 5.10 Å². The number of hydrogen-bond acceptors (Lipinski definition) is 5. The van der Waals surface area contributed by atoms with Crippen LogP contribution in [0.2, 0.25) is 0 Å². The van der Waals surface area contributed by atoms with E-state index in [1.807, 2.05) is 31.2 Å². The van der Waals surface area contributed by atoms with E-state index in [-0.39, 0.29) is 17.9 Å². The molecule has 0 atom stereocenters. The number of aliphatic carboxylic acids is 1. The molecule has 0 radical (unpaired) electrons. The van der Waals surface area contributed by atoms with Crippen LogP contribution in [0.3, 0.4) is 0 Å². The summed E-state index contributed by atoms with van der Waals surface area (Å²) in [5.41, 5.74) is 6.17. The summed E-state index contributed by atoms with van der Waals surface area (Å²) in [6.45, 7) is 3.60. The van der Waals surface area contributed by atoms with Crippen LogP contribution in [0.4, 0.5) is 5.69 Å². The van der Waals surface area contributed by atoms with Crippen molar-refractivity contribution in [3.8, 4) is 0 Å².